The molecule has 0 saturated carbocycles. The average Bonchev–Trinajstić information content (AvgIpc) is 3.34. The van der Waals surface area contributed by atoms with Gasteiger partial charge in [0.25, 0.3) is 5.91 Å². The molecule has 1 spiro atoms. The first-order valence-electron chi connectivity index (χ1n) is 11.7. The molecule has 3 N–H and O–H groups in total. The van der Waals surface area contributed by atoms with Crippen molar-refractivity contribution in [2.24, 2.45) is 0 Å². The van der Waals surface area contributed by atoms with Crippen molar-refractivity contribution in [1.82, 2.24) is 20.4 Å². The molecule has 0 bridgehead atoms. The van der Waals surface area contributed by atoms with Crippen LogP contribution in [0, 0.1) is 5.82 Å². The predicted molar refractivity (Wildman–Crippen MR) is 127 cm³/mol. The van der Waals surface area contributed by atoms with Gasteiger partial charge in [0.15, 0.2) is 0 Å². The molecule has 1 saturated heterocycles. The van der Waals surface area contributed by atoms with Crippen molar-refractivity contribution in [3.63, 3.8) is 0 Å². The summed E-state index contributed by atoms with van der Waals surface area (Å²) in [4.78, 5) is 52.1. The summed E-state index contributed by atoms with van der Waals surface area (Å²) in [5.74, 6) is -2.43. The number of aryl methyl sites for hydroxylation is 1. The van der Waals surface area contributed by atoms with E-state index in [2.05, 4.69) is 16.0 Å². The van der Waals surface area contributed by atoms with E-state index < -0.39 is 60.5 Å². The van der Waals surface area contributed by atoms with Crippen LogP contribution in [0.4, 0.5) is 32.8 Å². The van der Waals surface area contributed by atoms with Crippen molar-refractivity contribution in [2.45, 2.75) is 44.1 Å². The van der Waals surface area contributed by atoms with Gasteiger partial charge in [-0.05, 0) is 60.7 Å². The summed E-state index contributed by atoms with van der Waals surface area (Å²) in [6.07, 6.45) is -4.22. The van der Waals surface area contributed by atoms with E-state index >= 15 is 0 Å². The Morgan fingerprint density at radius 3 is 2.47 bits per heavy atom. The van der Waals surface area contributed by atoms with Gasteiger partial charge in [-0.15, -0.1) is 0 Å². The number of rotatable bonds is 6. The zero-order valence-electron chi connectivity index (χ0n) is 20.5. The molecule has 13 heteroatoms. The van der Waals surface area contributed by atoms with Gasteiger partial charge in [-0.3, -0.25) is 14.5 Å². The molecule has 0 radical (unpaired) electrons. The summed E-state index contributed by atoms with van der Waals surface area (Å²) in [6.45, 7) is -0.607. The van der Waals surface area contributed by atoms with Crippen molar-refractivity contribution in [1.29, 1.82) is 0 Å². The zero-order chi connectivity index (χ0) is 27.8. The third-order valence-corrected chi connectivity index (χ3v) is 6.82. The van der Waals surface area contributed by atoms with Gasteiger partial charge in [0.1, 0.15) is 23.9 Å². The normalized spacial score (nSPS) is 19.3. The maximum absolute atomic E-state index is 13.6. The SMILES string of the molecule is CNC(=O)Nc1ccc2c(c1)CC[C@]21NC(=O)N(CC(=O)N(Cc2ccc(F)cc2)[C@@H](C)C(F)(F)F)C1=O. The second kappa shape index (κ2) is 9.95. The molecule has 1 heterocycles. The van der Waals surface area contributed by atoms with Crippen LogP contribution in [0.1, 0.15) is 30.0 Å². The van der Waals surface area contributed by atoms with Gasteiger partial charge in [0.2, 0.25) is 5.91 Å². The number of hydrogen-bond acceptors (Lipinski definition) is 4. The molecule has 38 heavy (non-hydrogen) atoms. The summed E-state index contributed by atoms with van der Waals surface area (Å²) in [7, 11) is 1.45. The number of urea groups is 2. The number of benzene rings is 2. The van der Waals surface area contributed by atoms with Gasteiger partial charge < -0.3 is 20.9 Å². The number of halogens is 4. The molecule has 2 aliphatic rings. The summed E-state index contributed by atoms with van der Waals surface area (Å²) in [5, 5.41) is 7.66. The lowest BCUT2D eigenvalue weighted by Crippen LogP contribution is -2.51. The minimum Gasteiger partial charge on any atom is -0.341 e. The molecule has 1 aliphatic carbocycles. The molecule has 0 unspecified atom stereocenters. The molecule has 2 atom stereocenters. The van der Waals surface area contributed by atoms with Crippen LogP contribution in [0.25, 0.3) is 0 Å². The van der Waals surface area contributed by atoms with Crippen LogP contribution < -0.4 is 16.0 Å². The lowest BCUT2D eigenvalue weighted by molar-refractivity contribution is -0.187. The fourth-order valence-corrected chi connectivity index (χ4v) is 4.70. The van der Waals surface area contributed by atoms with E-state index in [9.17, 15) is 36.7 Å². The van der Waals surface area contributed by atoms with E-state index in [0.29, 0.717) is 33.0 Å². The summed E-state index contributed by atoms with van der Waals surface area (Å²) >= 11 is 0. The lowest BCUT2D eigenvalue weighted by atomic mass is 9.91. The molecule has 202 valence electrons. The molecule has 2 aromatic carbocycles. The number of nitrogens with zero attached hydrogens (tertiary/aromatic N) is 2. The van der Waals surface area contributed by atoms with Crippen LogP contribution >= 0.6 is 0 Å². The van der Waals surface area contributed by atoms with E-state index in [1.54, 1.807) is 18.2 Å². The minimum absolute atomic E-state index is 0.180. The summed E-state index contributed by atoms with van der Waals surface area (Å²) in [5.41, 5.74) is 0.441. The smallest absolute Gasteiger partial charge is 0.341 e. The first kappa shape index (κ1) is 26.9. The van der Waals surface area contributed by atoms with Gasteiger partial charge in [0, 0.05) is 19.3 Å². The summed E-state index contributed by atoms with van der Waals surface area (Å²) < 4.78 is 54.0. The first-order chi connectivity index (χ1) is 17.9. The number of carbonyl (C=O) groups is 4. The van der Waals surface area contributed by atoms with Gasteiger partial charge in [0.05, 0.1) is 0 Å². The van der Waals surface area contributed by atoms with Crippen molar-refractivity contribution in [3.8, 4) is 0 Å². The van der Waals surface area contributed by atoms with Crippen LogP contribution in [0.5, 0.6) is 0 Å². The monoisotopic (exact) mass is 535 g/mol. The topological polar surface area (TPSA) is 111 Å². The van der Waals surface area contributed by atoms with Crippen LogP contribution in [0.2, 0.25) is 0 Å². The Kier molecular flexibility index (Phi) is 7.04. The van der Waals surface area contributed by atoms with Gasteiger partial charge in [-0.2, -0.15) is 13.2 Å². The average molecular weight is 535 g/mol. The third-order valence-electron chi connectivity index (χ3n) is 6.82. The van der Waals surface area contributed by atoms with Crippen LogP contribution in [0.15, 0.2) is 42.5 Å². The molecule has 2 aromatic rings. The Labute approximate surface area is 215 Å². The van der Waals surface area contributed by atoms with Gasteiger partial charge in [-0.1, -0.05) is 18.2 Å². The van der Waals surface area contributed by atoms with Crippen molar-refractivity contribution in [3.05, 3.63) is 65.0 Å². The van der Waals surface area contributed by atoms with E-state index in [1.165, 1.54) is 19.2 Å². The molecule has 6 amide bonds. The summed E-state index contributed by atoms with van der Waals surface area (Å²) in [6, 6.07) is 5.88. The molecule has 4 rings (SSSR count). The van der Waals surface area contributed by atoms with Crippen LogP contribution in [-0.2, 0) is 28.1 Å². The quantitative estimate of drug-likeness (QED) is 0.390. The van der Waals surface area contributed by atoms with E-state index in [1.807, 2.05) is 0 Å². The molecular formula is C25H25F4N5O4. The maximum Gasteiger partial charge on any atom is 0.408 e. The molecule has 0 aromatic heterocycles. The van der Waals surface area contributed by atoms with E-state index in [0.717, 1.165) is 19.1 Å². The Morgan fingerprint density at radius 1 is 1.16 bits per heavy atom. The number of hydrogen-bond donors (Lipinski definition) is 3. The van der Waals surface area contributed by atoms with Crippen molar-refractivity contribution >= 4 is 29.6 Å². The van der Waals surface area contributed by atoms with Crippen LogP contribution in [-0.4, -0.2) is 59.5 Å². The van der Waals surface area contributed by atoms with E-state index in [4.69, 9.17) is 0 Å². The third kappa shape index (κ3) is 5.00. The fourth-order valence-electron chi connectivity index (χ4n) is 4.70. The molecule has 1 aliphatic heterocycles. The van der Waals surface area contributed by atoms with Crippen LogP contribution in [0.3, 0.4) is 0 Å². The highest BCUT2D eigenvalue weighted by molar-refractivity contribution is 6.10. The lowest BCUT2D eigenvalue weighted by Gasteiger charge is -2.32. The van der Waals surface area contributed by atoms with Gasteiger partial charge in [-0.25, -0.2) is 14.0 Å². The van der Waals surface area contributed by atoms with Gasteiger partial charge >= 0.3 is 18.2 Å². The second-order valence-corrected chi connectivity index (χ2v) is 9.17. The number of amides is 6. The Bertz CT molecular complexity index is 1280. The molecule has 9 nitrogen and oxygen atoms in total. The second-order valence-electron chi connectivity index (χ2n) is 9.17. The number of imide groups is 1. The zero-order valence-corrected chi connectivity index (χ0v) is 20.5. The molecular weight excluding hydrogens is 510 g/mol. The standard InChI is InChI=1S/C25H25F4N5O4/c1-14(25(27,28)29)33(12-15-3-5-17(26)6-4-15)20(35)13-34-21(36)24(32-23(34)38)10-9-16-11-18(7-8-19(16)24)31-22(37)30-2/h3-8,11,14H,9-10,12-13H2,1-2H3,(H,32,38)(H2,30,31,37)/t14-,24-/m0/s1. The number of nitrogens with one attached hydrogen (secondary N) is 3. The highest BCUT2D eigenvalue weighted by atomic mass is 19.4. The van der Waals surface area contributed by atoms with Crippen molar-refractivity contribution in [2.75, 3.05) is 18.9 Å². The number of alkyl halides is 3. The molecule has 1 fully saturated rings. The number of fused-ring (bicyclic) bond motifs is 2. The largest absolute Gasteiger partial charge is 0.408 e. The van der Waals surface area contributed by atoms with E-state index in [-0.39, 0.29) is 12.0 Å². The minimum atomic E-state index is -4.78. The number of anilines is 1. The van der Waals surface area contributed by atoms with Crippen molar-refractivity contribution < 1.29 is 36.7 Å². The highest BCUT2D eigenvalue weighted by Crippen LogP contribution is 2.42. The maximum atomic E-state index is 13.6. The predicted octanol–water partition coefficient (Wildman–Crippen LogP) is 3.25. The Hall–Kier alpha value is -4.16. The number of carbonyl (C=O) groups excluding carboxylic acids is 4. The fraction of sp³-hybridized carbons (Fsp3) is 0.360. The highest BCUT2D eigenvalue weighted by Gasteiger charge is 2.56. The first-order valence-corrected chi connectivity index (χ1v) is 11.7. The Balaban J connectivity index is 1.56. The Morgan fingerprint density at radius 2 is 1.84 bits per heavy atom.